The molecule has 0 radical (unpaired) electrons. The normalized spacial score (nSPS) is 14.0. The van der Waals surface area contributed by atoms with Crippen LogP contribution in [-0.2, 0) is 0 Å². The van der Waals surface area contributed by atoms with Crippen LogP contribution in [0.5, 0.6) is 0 Å². The molecule has 2 rings (SSSR count). The topological polar surface area (TPSA) is 32.3 Å². The number of rotatable bonds is 5. The molecule has 2 unspecified atom stereocenters. The quantitative estimate of drug-likeness (QED) is 0.869. The molecule has 2 N–H and O–H groups in total. The molecule has 0 saturated heterocycles. The molecule has 0 amide bonds. The first-order valence-electron chi connectivity index (χ1n) is 7.52. The van der Waals surface area contributed by atoms with Crippen molar-refractivity contribution in [2.24, 2.45) is 0 Å². The largest absolute Gasteiger partial charge is 0.394 e. The lowest BCUT2D eigenvalue weighted by atomic mass is 9.94. The Morgan fingerprint density at radius 1 is 1.00 bits per heavy atom. The van der Waals surface area contributed by atoms with E-state index in [4.69, 9.17) is 0 Å². The van der Waals surface area contributed by atoms with Crippen molar-refractivity contribution in [2.45, 2.75) is 39.8 Å². The number of hydrogen-bond acceptors (Lipinski definition) is 2. The predicted octanol–water partition coefficient (Wildman–Crippen LogP) is 4.00. The van der Waals surface area contributed by atoms with E-state index in [0.29, 0.717) is 0 Å². The van der Waals surface area contributed by atoms with Crippen molar-refractivity contribution >= 4 is 0 Å². The van der Waals surface area contributed by atoms with Gasteiger partial charge in [0.2, 0.25) is 0 Å². The van der Waals surface area contributed by atoms with Crippen LogP contribution in [0.2, 0.25) is 0 Å². The third-order valence-electron chi connectivity index (χ3n) is 4.01. The summed E-state index contributed by atoms with van der Waals surface area (Å²) in [6.07, 6.45) is 0. The Morgan fingerprint density at radius 3 is 2.10 bits per heavy atom. The second kappa shape index (κ2) is 6.88. The van der Waals surface area contributed by atoms with Gasteiger partial charge in [-0.2, -0.15) is 0 Å². The fourth-order valence-corrected chi connectivity index (χ4v) is 3.20. The van der Waals surface area contributed by atoms with Crippen molar-refractivity contribution < 1.29 is 5.11 Å². The lowest BCUT2D eigenvalue weighted by Crippen LogP contribution is -2.28. The zero-order valence-electron chi connectivity index (χ0n) is 13.4. The SMILES string of the molecule is Cc1cc(C)c(C(C)NC(CO)c2ccccc2)c(C)c1. The molecule has 112 valence electrons. The highest BCUT2D eigenvalue weighted by atomic mass is 16.3. The van der Waals surface area contributed by atoms with Gasteiger partial charge in [0.1, 0.15) is 0 Å². The van der Waals surface area contributed by atoms with Crippen LogP contribution in [-0.4, -0.2) is 11.7 Å². The van der Waals surface area contributed by atoms with Crippen LogP contribution in [0.1, 0.15) is 46.8 Å². The Morgan fingerprint density at radius 2 is 1.57 bits per heavy atom. The van der Waals surface area contributed by atoms with Crippen LogP contribution >= 0.6 is 0 Å². The van der Waals surface area contributed by atoms with Crippen molar-refractivity contribution in [3.63, 3.8) is 0 Å². The molecule has 0 heterocycles. The maximum Gasteiger partial charge on any atom is 0.0626 e. The predicted molar refractivity (Wildman–Crippen MR) is 88.5 cm³/mol. The summed E-state index contributed by atoms with van der Waals surface area (Å²) < 4.78 is 0. The van der Waals surface area contributed by atoms with Crippen molar-refractivity contribution in [2.75, 3.05) is 6.61 Å². The van der Waals surface area contributed by atoms with Crippen molar-refractivity contribution in [1.29, 1.82) is 0 Å². The monoisotopic (exact) mass is 283 g/mol. The third kappa shape index (κ3) is 3.72. The summed E-state index contributed by atoms with van der Waals surface area (Å²) in [7, 11) is 0. The number of hydrogen-bond donors (Lipinski definition) is 2. The fourth-order valence-electron chi connectivity index (χ4n) is 3.20. The van der Waals surface area contributed by atoms with Gasteiger partial charge in [0.25, 0.3) is 0 Å². The van der Waals surface area contributed by atoms with Gasteiger partial charge in [-0.3, -0.25) is 0 Å². The zero-order valence-corrected chi connectivity index (χ0v) is 13.4. The van der Waals surface area contributed by atoms with Crippen LogP contribution in [0, 0.1) is 20.8 Å². The highest BCUT2D eigenvalue weighted by molar-refractivity contribution is 5.39. The van der Waals surface area contributed by atoms with Gasteiger partial charge in [-0.15, -0.1) is 0 Å². The highest BCUT2D eigenvalue weighted by Gasteiger charge is 2.17. The minimum atomic E-state index is -0.0405. The molecule has 0 aliphatic heterocycles. The molecule has 2 aromatic rings. The van der Waals surface area contributed by atoms with Gasteiger partial charge in [0, 0.05) is 6.04 Å². The number of benzene rings is 2. The lowest BCUT2D eigenvalue weighted by Gasteiger charge is -2.25. The maximum absolute atomic E-state index is 9.70. The maximum atomic E-state index is 9.70. The number of aryl methyl sites for hydroxylation is 3. The van der Waals surface area contributed by atoms with Gasteiger partial charge in [-0.1, -0.05) is 48.0 Å². The van der Waals surface area contributed by atoms with Gasteiger partial charge < -0.3 is 10.4 Å². The van der Waals surface area contributed by atoms with Crippen molar-refractivity contribution in [3.05, 3.63) is 70.3 Å². The molecule has 0 bridgehead atoms. The number of aliphatic hydroxyl groups excluding tert-OH is 1. The molecule has 21 heavy (non-hydrogen) atoms. The van der Waals surface area contributed by atoms with E-state index in [1.165, 1.54) is 22.3 Å². The molecule has 0 aliphatic carbocycles. The second-order valence-corrected chi connectivity index (χ2v) is 5.85. The number of nitrogens with one attached hydrogen (secondary N) is 1. The lowest BCUT2D eigenvalue weighted by molar-refractivity contribution is 0.235. The van der Waals surface area contributed by atoms with Gasteiger partial charge in [0.15, 0.2) is 0 Å². The van der Waals surface area contributed by atoms with E-state index >= 15 is 0 Å². The first kappa shape index (κ1) is 15.7. The Kier molecular flexibility index (Phi) is 5.16. The molecule has 0 aliphatic rings. The molecular weight excluding hydrogens is 258 g/mol. The first-order valence-corrected chi connectivity index (χ1v) is 7.52. The van der Waals surface area contributed by atoms with Crippen LogP contribution in [0.4, 0.5) is 0 Å². The fraction of sp³-hybridized carbons (Fsp3) is 0.368. The summed E-state index contributed by atoms with van der Waals surface area (Å²) in [5, 5.41) is 13.2. The molecule has 0 aromatic heterocycles. The zero-order chi connectivity index (χ0) is 15.4. The van der Waals surface area contributed by atoms with Crippen LogP contribution in [0.25, 0.3) is 0 Å². The summed E-state index contributed by atoms with van der Waals surface area (Å²) in [6, 6.07) is 14.7. The van der Waals surface area contributed by atoms with E-state index in [-0.39, 0.29) is 18.7 Å². The molecule has 2 heteroatoms. The van der Waals surface area contributed by atoms with E-state index in [2.05, 4.69) is 57.3 Å². The van der Waals surface area contributed by atoms with Crippen LogP contribution in [0.15, 0.2) is 42.5 Å². The van der Waals surface area contributed by atoms with Crippen LogP contribution in [0.3, 0.4) is 0 Å². The third-order valence-corrected chi connectivity index (χ3v) is 4.01. The Hall–Kier alpha value is -1.64. The molecule has 2 aromatic carbocycles. The van der Waals surface area contributed by atoms with Gasteiger partial charge in [-0.25, -0.2) is 0 Å². The Balaban J connectivity index is 2.23. The smallest absolute Gasteiger partial charge is 0.0626 e. The summed E-state index contributed by atoms with van der Waals surface area (Å²) in [6.45, 7) is 8.70. The van der Waals surface area contributed by atoms with Gasteiger partial charge >= 0.3 is 0 Å². The summed E-state index contributed by atoms with van der Waals surface area (Å²) in [4.78, 5) is 0. The molecular formula is C19H25NO. The van der Waals surface area contributed by atoms with E-state index in [9.17, 15) is 5.11 Å². The Labute approximate surface area is 127 Å². The molecule has 0 spiro atoms. The summed E-state index contributed by atoms with van der Waals surface area (Å²) >= 11 is 0. The summed E-state index contributed by atoms with van der Waals surface area (Å²) in [5.41, 5.74) is 6.35. The molecule has 2 nitrogen and oxygen atoms in total. The second-order valence-electron chi connectivity index (χ2n) is 5.85. The minimum Gasteiger partial charge on any atom is -0.394 e. The summed E-state index contributed by atoms with van der Waals surface area (Å²) in [5.74, 6) is 0. The van der Waals surface area contributed by atoms with Crippen molar-refractivity contribution in [1.82, 2.24) is 5.32 Å². The van der Waals surface area contributed by atoms with E-state index in [1.807, 2.05) is 18.2 Å². The molecule has 0 saturated carbocycles. The van der Waals surface area contributed by atoms with E-state index < -0.39 is 0 Å². The average Bonchev–Trinajstić information content (AvgIpc) is 2.44. The van der Waals surface area contributed by atoms with Crippen LogP contribution < -0.4 is 5.32 Å². The van der Waals surface area contributed by atoms with E-state index in [1.54, 1.807) is 0 Å². The molecule has 2 atom stereocenters. The Bertz CT molecular complexity index is 569. The molecule has 0 fully saturated rings. The number of aliphatic hydroxyl groups is 1. The van der Waals surface area contributed by atoms with Crippen molar-refractivity contribution in [3.8, 4) is 0 Å². The van der Waals surface area contributed by atoms with Gasteiger partial charge in [-0.05, 0) is 49.9 Å². The minimum absolute atomic E-state index is 0.0405. The highest BCUT2D eigenvalue weighted by Crippen LogP contribution is 2.26. The first-order chi connectivity index (χ1) is 10.0. The van der Waals surface area contributed by atoms with E-state index in [0.717, 1.165) is 5.56 Å². The van der Waals surface area contributed by atoms with Gasteiger partial charge in [0.05, 0.1) is 12.6 Å². The average molecular weight is 283 g/mol. The standard InChI is InChI=1S/C19H25NO/c1-13-10-14(2)19(15(3)11-13)16(4)20-18(12-21)17-8-6-5-7-9-17/h5-11,16,18,20-21H,12H2,1-4H3.